The standard InChI is InChI=1S/C18H21N3OS/c1-21(11-6-5-9-15-7-3-2-4-8-15)13-17-19-18(20-22-17)16-10-12-23-14-16/h2-4,7-8,10,12,14H,5-6,9,11,13H2,1H3. The second-order valence-corrected chi connectivity index (χ2v) is 6.48. The molecule has 120 valence electrons. The van der Waals surface area contributed by atoms with Crippen LogP contribution in [0.5, 0.6) is 0 Å². The Morgan fingerprint density at radius 1 is 1.13 bits per heavy atom. The van der Waals surface area contributed by atoms with Crippen LogP contribution in [0.1, 0.15) is 24.3 Å². The third-order valence-electron chi connectivity index (χ3n) is 3.75. The summed E-state index contributed by atoms with van der Waals surface area (Å²) < 4.78 is 5.34. The van der Waals surface area contributed by atoms with Gasteiger partial charge in [-0.2, -0.15) is 16.3 Å². The van der Waals surface area contributed by atoms with Crippen LogP contribution in [0.15, 0.2) is 51.7 Å². The largest absolute Gasteiger partial charge is 0.338 e. The SMILES string of the molecule is CN(CCCCc1ccccc1)Cc1nc(-c2ccsc2)no1. The highest BCUT2D eigenvalue weighted by Crippen LogP contribution is 2.19. The van der Waals surface area contributed by atoms with Crippen LogP contribution in [0.4, 0.5) is 0 Å². The molecule has 0 spiro atoms. The number of thiophene rings is 1. The predicted octanol–water partition coefficient (Wildman–Crippen LogP) is 4.25. The van der Waals surface area contributed by atoms with Crippen molar-refractivity contribution in [3.8, 4) is 11.4 Å². The maximum atomic E-state index is 5.34. The van der Waals surface area contributed by atoms with E-state index >= 15 is 0 Å². The fourth-order valence-electron chi connectivity index (χ4n) is 2.49. The molecule has 0 saturated carbocycles. The molecule has 3 aromatic rings. The minimum absolute atomic E-state index is 0.678. The van der Waals surface area contributed by atoms with E-state index in [-0.39, 0.29) is 0 Å². The molecule has 0 atom stereocenters. The monoisotopic (exact) mass is 327 g/mol. The van der Waals surface area contributed by atoms with E-state index in [0.717, 1.165) is 24.9 Å². The molecular formula is C18H21N3OS. The van der Waals surface area contributed by atoms with Gasteiger partial charge >= 0.3 is 0 Å². The van der Waals surface area contributed by atoms with Gasteiger partial charge in [0, 0.05) is 10.9 Å². The van der Waals surface area contributed by atoms with E-state index in [0.29, 0.717) is 18.3 Å². The maximum Gasteiger partial charge on any atom is 0.241 e. The van der Waals surface area contributed by atoms with E-state index in [4.69, 9.17) is 4.52 Å². The second-order valence-electron chi connectivity index (χ2n) is 5.70. The number of hydrogen-bond donors (Lipinski definition) is 0. The molecule has 4 nitrogen and oxygen atoms in total. The molecule has 0 radical (unpaired) electrons. The summed E-state index contributed by atoms with van der Waals surface area (Å²) in [4.78, 5) is 6.69. The molecule has 5 heteroatoms. The lowest BCUT2D eigenvalue weighted by Gasteiger charge is -2.13. The average molecular weight is 327 g/mol. The van der Waals surface area contributed by atoms with Crippen molar-refractivity contribution < 1.29 is 4.52 Å². The summed E-state index contributed by atoms with van der Waals surface area (Å²) in [6.45, 7) is 1.73. The lowest BCUT2D eigenvalue weighted by Crippen LogP contribution is -2.19. The van der Waals surface area contributed by atoms with E-state index < -0.39 is 0 Å². The predicted molar refractivity (Wildman–Crippen MR) is 93.3 cm³/mol. The van der Waals surface area contributed by atoms with Crippen molar-refractivity contribution >= 4 is 11.3 Å². The lowest BCUT2D eigenvalue weighted by atomic mass is 10.1. The first-order chi connectivity index (χ1) is 11.3. The first kappa shape index (κ1) is 15.9. The number of aromatic nitrogens is 2. The lowest BCUT2D eigenvalue weighted by molar-refractivity contribution is 0.263. The van der Waals surface area contributed by atoms with Gasteiger partial charge in [-0.05, 0) is 49.9 Å². The topological polar surface area (TPSA) is 42.2 Å². The third kappa shape index (κ3) is 4.74. The Morgan fingerprint density at radius 3 is 2.78 bits per heavy atom. The molecule has 0 unspecified atom stereocenters. The summed E-state index contributed by atoms with van der Waals surface area (Å²) in [5, 5.41) is 8.09. The van der Waals surface area contributed by atoms with Gasteiger partial charge in [0.15, 0.2) is 0 Å². The summed E-state index contributed by atoms with van der Waals surface area (Å²) in [6.07, 6.45) is 3.49. The molecule has 0 fully saturated rings. The number of hydrogen-bond acceptors (Lipinski definition) is 5. The number of benzene rings is 1. The van der Waals surface area contributed by atoms with Crippen LogP contribution in [0.25, 0.3) is 11.4 Å². The number of aryl methyl sites for hydroxylation is 1. The molecule has 3 rings (SSSR count). The molecule has 1 aromatic carbocycles. The minimum atomic E-state index is 0.678. The van der Waals surface area contributed by atoms with Gasteiger partial charge in [0.2, 0.25) is 11.7 Å². The minimum Gasteiger partial charge on any atom is -0.338 e. The van der Waals surface area contributed by atoms with Gasteiger partial charge in [-0.15, -0.1) is 0 Å². The Balaban J connectivity index is 1.40. The Morgan fingerprint density at radius 2 is 2.00 bits per heavy atom. The van der Waals surface area contributed by atoms with Crippen molar-refractivity contribution in [3.05, 3.63) is 58.6 Å². The number of rotatable bonds is 8. The Bertz CT molecular complexity index is 694. The van der Waals surface area contributed by atoms with Crippen LogP contribution in [0.3, 0.4) is 0 Å². The van der Waals surface area contributed by atoms with Crippen molar-refractivity contribution in [3.63, 3.8) is 0 Å². The summed E-state index contributed by atoms with van der Waals surface area (Å²) in [6, 6.07) is 12.6. The first-order valence-electron chi connectivity index (χ1n) is 7.89. The second kappa shape index (κ2) is 8.04. The summed E-state index contributed by atoms with van der Waals surface area (Å²) in [5.74, 6) is 1.36. The molecule has 0 bridgehead atoms. The maximum absolute atomic E-state index is 5.34. The smallest absolute Gasteiger partial charge is 0.241 e. The van der Waals surface area contributed by atoms with Crippen molar-refractivity contribution in [2.75, 3.05) is 13.6 Å². The fraction of sp³-hybridized carbons (Fsp3) is 0.333. The third-order valence-corrected chi connectivity index (χ3v) is 4.43. The summed E-state index contributed by atoms with van der Waals surface area (Å²) in [5.41, 5.74) is 2.43. The van der Waals surface area contributed by atoms with E-state index in [2.05, 4.69) is 52.4 Å². The molecule has 0 saturated heterocycles. The van der Waals surface area contributed by atoms with Crippen LogP contribution < -0.4 is 0 Å². The molecule has 2 aromatic heterocycles. The molecule has 2 heterocycles. The molecular weight excluding hydrogens is 306 g/mol. The summed E-state index contributed by atoms with van der Waals surface area (Å²) in [7, 11) is 2.09. The molecule has 0 aliphatic rings. The molecule has 0 N–H and O–H groups in total. The Labute approximate surface area is 140 Å². The zero-order valence-electron chi connectivity index (χ0n) is 13.3. The highest BCUT2D eigenvalue weighted by molar-refractivity contribution is 7.08. The summed E-state index contributed by atoms with van der Waals surface area (Å²) >= 11 is 1.64. The van der Waals surface area contributed by atoms with Crippen LogP contribution in [0.2, 0.25) is 0 Å². The number of nitrogens with zero attached hydrogens (tertiary/aromatic N) is 3. The molecule has 0 amide bonds. The first-order valence-corrected chi connectivity index (χ1v) is 8.83. The van der Waals surface area contributed by atoms with Crippen LogP contribution in [-0.4, -0.2) is 28.6 Å². The van der Waals surface area contributed by atoms with Gasteiger partial charge in [-0.25, -0.2) is 0 Å². The highest BCUT2D eigenvalue weighted by atomic mass is 32.1. The van der Waals surface area contributed by atoms with Crippen molar-refractivity contribution in [2.45, 2.75) is 25.8 Å². The van der Waals surface area contributed by atoms with Gasteiger partial charge in [-0.3, -0.25) is 4.90 Å². The van der Waals surface area contributed by atoms with Gasteiger partial charge < -0.3 is 4.52 Å². The van der Waals surface area contributed by atoms with E-state index in [1.54, 1.807) is 11.3 Å². The number of unbranched alkanes of at least 4 members (excludes halogenated alkanes) is 1. The van der Waals surface area contributed by atoms with Gasteiger partial charge in [0.25, 0.3) is 0 Å². The van der Waals surface area contributed by atoms with Gasteiger partial charge in [0.05, 0.1) is 6.54 Å². The molecule has 0 aliphatic heterocycles. The van der Waals surface area contributed by atoms with E-state index in [1.807, 2.05) is 16.8 Å². The zero-order chi connectivity index (χ0) is 15.9. The van der Waals surface area contributed by atoms with E-state index in [1.165, 1.54) is 12.0 Å². The Kier molecular flexibility index (Phi) is 5.56. The highest BCUT2D eigenvalue weighted by Gasteiger charge is 2.10. The van der Waals surface area contributed by atoms with Crippen LogP contribution in [-0.2, 0) is 13.0 Å². The van der Waals surface area contributed by atoms with Gasteiger partial charge in [0.1, 0.15) is 0 Å². The average Bonchev–Trinajstić information content (AvgIpc) is 3.24. The normalized spacial score (nSPS) is 11.2. The molecule has 0 aliphatic carbocycles. The fourth-order valence-corrected chi connectivity index (χ4v) is 3.13. The van der Waals surface area contributed by atoms with Crippen molar-refractivity contribution in [1.82, 2.24) is 15.0 Å². The quantitative estimate of drug-likeness (QED) is 0.580. The van der Waals surface area contributed by atoms with E-state index in [9.17, 15) is 0 Å². The van der Waals surface area contributed by atoms with Crippen molar-refractivity contribution in [1.29, 1.82) is 0 Å². The van der Waals surface area contributed by atoms with Gasteiger partial charge in [-0.1, -0.05) is 35.5 Å². The Hall–Kier alpha value is -1.98. The zero-order valence-corrected chi connectivity index (χ0v) is 14.1. The molecule has 23 heavy (non-hydrogen) atoms. The van der Waals surface area contributed by atoms with Crippen LogP contribution >= 0.6 is 11.3 Å². The van der Waals surface area contributed by atoms with Crippen molar-refractivity contribution in [2.24, 2.45) is 0 Å². The van der Waals surface area contributed by atoms with Crippen LogP contribution in [0, 0.1) is 0 Å².